The SMILES string of the molecule is Cc1c(C(=O)c2sc(Nc3ccc4nc[nH]c4c3)nc2N)sc2cc(Cl)ccc12. The lowest BCUT2D eigenvalue weighted by atomic mass is 10.1. The van der Waals surface area contributed by atoms with Gasteiger partial charge in [0.05, 0.1) is 22.2 Å². The third-order valence-corrected chi connectivity index (χ3v) is 7.11. The summed E-state index contributed by atoms with van der Waals surface area (Å²) in [5.74, 6) is 0.104. The molecule has 144 valence electrons. The van der Waals surface area contributed by atoms with Gasteiger partial charge in [-0.05, 0) is 48.2 Å². The van der Waals surface area contributed by atoms with Gasteiger partial charge in [0.15, 0.2) is 5.13 Å². The third kappa shape index (κ3) is 3.15. The Kier molecular flexibility index (Phi) is 4.27. The van der Waals surface area contributed by atoms with E-state index in [1.165, 1.54) is 22.7 Å². The van der Waals surface area contributed by atoms with Gasteiger partial charge < -0.3 is 16.0 Å². The Balaban J connectivity index is 1.48. The molecule has 0 saturated heterocycles. The molecule has 2 aromatic carbocycles. The lowest BCUT2D eigenvalue weighted by Crippen LogP contribution is -2.01. The van der Waals surface area contributed by atoms with Gasteiger partial charge in [0.1, 0.15) is 10.7 Å². The van der Waals surface area contributed by atoms with Crippen molar-refractivity contribution in [3.8, 4) is 0 Å². The Bertz CT molecular complexity index is 1400. The molecule has 0 aliphatic heterocycles. The molecule has 0 saturated carbocycles. The Morgan fingerprint density at radius 3 is 2.90 bits per heavy atom. The quantitative estimate of drug-likeness (QED) is 0.309. The van der Waals surface area contributed by atoms with Crippen molar-refractivity contribution in [3.63, 3.8) is 0 Å². The first kappa shape index (κ1) is 18.1. The maximum Gasteiger partial charge on any atom is 0.217 e. The summed E-state index contributed by atoms with van der Waals surface area (Å²) < 4.78 is 0.979. The van der Waals surface area contributed by atoms with E-state index in [0.717, 1.165) is 32.4 Å². The van der Waals surface area contributed by atoms with E-state index in [1.807, 2.05) is 43.3 Å². The number of hydrogen-bond donors (Lipinski definition) is 3. The molecule has 0 bridgehead atoms. The van der Waals surface area contributed by atoms with Crippen LogP contribution < -0.4 is 11.1 Å². The number of imidazole rings is 1. The summed E-state index contributed by atoms with van der Waals surface area (Å²) in [5, 5.41) is 5.45. The monoisotopic (exact) mass is 439 g/mol. The number of H-pyrrole nitrogens is 1. The van der Waals surface area contributed by atoms with Crippen LogP contribution in [0, 0.1) is 6.92 Å². The minimum Gasteiger partial charge on any atom is -0.382 e. The highest BCUT2D eigenvalue weighted by Crippen LogP contribution is 2.37. The highest BCUT2D eigenvalue weighted by Gasteiger charge is 2.23. The number of nitrogen functional groups attached to an aromatic ring is 1. The zero-order valence-corrected chi connectivity index (χ0v) is 17.5. The van der Waals surface area contributed by atoms with Crippen molar-refractivity contribution in [2.24, 2.45) is 0 Å². The number of nitrogens with zero attached hydrogens (tertiary/aromatic N) is 2. The molecule has 9 heteroatoms. The van der Waals surface area contributed by atoms with Crippen LogP contribution >= 0.6 is 34.3 Å². The number of fused-ring (bicyclic) bond motifs is 2. The van der Waals surface area contributed by atoms with Gasteiger partial charge in [0, 0.05) is 15.4 Å². The average Bonchev–Trinajstić information content (AvgIpc) is 3.38. The van der Waals surface area contributed by atoms with Crippen LogP contribution in [0.5, 0.6) is 0 Å². The Morgan fingerprint density at radius 2 is 2.03 bits per heavy atom. The molecule has 0 atom stereocenters. The van der Waals surface area contributed by atoms with Crippen molar-refractivity contribution in [2.75, 3.05) is 11.1 Å². The van der Waals surface area contributed by atoms with Crippen LogP contribution in [0.15, 0.2) is 42.7 Å². The fourth-order valence-corrected chi connectivity index (χ4v) is 5.55. The van der Waals surface area contributed by atoms with Crippen molar-refractivity contribution < 1.29 is 4.79 Å². The smallest absolute Gasteiger partial charge is 0.217 e. The van der Waals surface area contributed by atoms with E-state index in [0.29, 0.717) is 19.9 Å². The molecule has 5 rings (SSSR count). The largest absolute Gasteiger partial charge is 0.382 e. The van der Waals surface area contributed by atoms with Gasteiger partial charge in [-0.3, -0.25) is 4.79 Å². The number of benzene rings is 2. The molecule has 0 spiro atoms. The lowest BCUT2D eigenvalue weighted by molar-refractivity contribution is 0.104. The van der Waals surface area contributed by atoms with Gasteiger partial charge in [-0.15, -0.1) is 11.3 Å². The molecule has 3 aromatic heterocycles. The second kappa shape index (κ2) is 6.84. The molecular formula is C20H14ClN5OS2. The van der Waals surface area contributed by atoms with Crippen LogP contribution in [-0.2, 0) is 0 Å². The number of ketones is 1. The van der Waals surface area contributed by atoms with E-state index >= 15 is 0 Å². The van der Waals surface area contributed by atoms with E-state index in [9.17, 15) is 4.79 Å². The number of aromatic nitrogens is 3. The second-order valence-electron chi connectivity index (χ2n) is 6.52. The van der Waals surface area contributed by atoms with E-state index < -0.39 is 0 Å². The number of hydrogen-bond acceptors (Lipinski definition) is 7. The minimum absolute atomic E-state index is 0.119. The van der Waals surface area contributed by atoms with Crippen LogP contribution in [0.2, 0.25) is 5.02 Å². The number of carbonyl (C=O) groups is 1. The van der Waals surface area contributed by atoms with Gasteiger partial charge in [0.25, 0.3) is 0 Å². The zero-order chi connectivity index (χ0) is 20.1. The summed E-state index contributed by atoms with van der Waals surface area (Å²) in [5.41, 5.74) is 9.64. The van der Waals surface area contributed by atoms with E-state index in [1.54, 1.807) is 6.33 Å². The predicted molar refractivity (Wildman–Crippen MR) is 121 cm³/mol. The number of aryl methyl sites for hydroxylation is 1. The molecule has 0 radical (unpaired) electrons. The van der Waals surface area contributed by atoms with Crippen molar-refractivity contribution in [2.45, 2.75) is 6.92 Å². The minimum atomic E-state index is -0.119. The van der Waals surface area contributed by atoms with Crippen LogP contribution in [0.3, 0.4) is 0 Å². The van der Waals surface area contributed by atoms with Gasteiger partial charge >= 0.3 is 0 Å². The van der Waals surface area contributed by atoms with Crippen LogP contribution in [0.4, 0.5) is 16.6 Å². The number of aromatic amines is 1. The third-order valence-electron chi connectivity index (χ3n) is 4.64. The topological polar surface area (TPSA) is 96.7 Å². The van der Waals surface area contributed by atoms with Crippen molar-refractivity contribution >= 4 is 77.8 Å². The number of thiophene rings is 1. The molecule has 0 aliphatic carbocycles. The Labute approximate surface area is 178 Å². The summed E-state index contributed by atoms with van der Waals surface area (Å²) in [6.45, 7) is 1.94. The van der Waals surface area contributed by atoms with Gasteiger partial charge in [-0.1, -0.05) is 29.0 Å². The molecule has 0 unspecified atom stereocenters. The number of anilines is 3. The van der Waals surface area contributed by atoms with E-state index in [-0.39, 0.29) is 11.6 Å². The molecule has 3 heterocycles. The van der Waals surface area contributed by atoms with E-state index in [2.05, 4.69) is 20.3 Å². The van der Waals surface area contributed by atoms with E-state index in [4.69, 9.17) is 17.3 Å². The first-order valence-electron chi connectivity index (χ1n) is 8.69. The zero-order valence-electron chi connectivity index (χ0n) is 15.1. The van der Waals surface area contributed by atoms with Crippen molar-refractivity contribution in [1.82, 2.24) is 15.0 Å². The normalized spacial score (nSPS) is 11.4. The number of thiazole rings is 1. The average molecular weight is 440 g/mol. The number of nitrogens with two attached hydrogens (primary N) is 1. The predicted octanol–water partition coefficient (Wildman–Crippen LogP) is 5.75. The van der Waals surface area contributed by atoms with Crippen LogP contribution in [0.25, 0.3) is 21.1 Å². The van der Waals surface area contributed by atoms with Crippen LogP contribution in [-0.4, -0.2) is 20.7 Å². The fourth-order valence-electron chi connectivity index (χ4n) is 3.20. The Hall–Kier alpha value is -2.94. The maximum absolute atomic E-state index is 13.2. The van der Waals surface area contributed by atoms with Crippen LogP contribution in [0.1, 0.15) is 20.1 Å². The van der Waals surface area contributed by atoms with Gasteiger partial charge in [-0.2, -0.15) is 0 Å². The number of halogens is 1. The summed E-state index contributed by atoms with van der Waals surface area (Å²) in [6.07, 6.45) is 1.65. The molecule has 0 aliphatic rings. The fraction of sp³-hybridized carbons (Fsp3) is 0.0500. The summed E-state index contributed by atoms with van der Waals surface area (Å²) >= 11 is 8.76. The number of carbonyl (C=O) groups excluding carboxylic acids is 1. The molecule has 6 nitrogen and oxygen atoms in total. The van der Waals surface area contributed by atoms with Gasteiger partial charge in [-0.25, -0.2) is 9.97 Å². The summed E-state index contributed by atoms with van der Waals surface area (Å²) in [7, 11) is 0. The first-order valence-corrected chi connectivity index (χ1v) is 10.7. The first-order chi connectivity index (χ1) is 14.0. The molecule has 0 fully saturated rings. The highest BCUT2D eigenvalue weighted by atomic mass is 35.5. The maximum atomic E-state index is 13.2. The molecular weight excluding hydrogens is 426 g/mol. The van der Waals surface area contributed by atoms with Gasteiger partial charge in [0.2, 0.25) is 5.78 Å². The number of rotatable bonds is 4. The summed E-state index contributed by atoms with van der Waals surface area (Å²) in [6, 6.07) is 11.4. The summed E-state index contributed by atoms with van der Waals surface area (Å²) in [4.78, 5) is 25.9. The number of nitrogens with one attached hydrogen (secondary N) is 2. The molecule has 5 aromatic rings. The second-order valence-corrected chi connectivity index (χ2v) is 9.01. The molecule has 0 amide bonds. The van der Waals surface area contributed by atoms with Crippen molar-refractivity contribution in [3.05, 3.63) is 63.1 Å². The Morgan fingerprint density at radius 1 is 1.17 bits per heavy atom. The standard InChI is InChI=1S/C20H14ClN5OS2/c1-9-12-4-2-10(21)6-15(12)28-17(9)16(27)18-19(22)26-20(29-18)25-11-3-5-13-14(7-11)24-8-23-13/h2-8H,22H2,1H3,(H,23,24)(H,25,26). The highest BCUT2D eigenvalue weighted by molar-refractivity contribution is 7.23. The molecule has 29 heavy (non-hydrogen) atoms. The van der Waals surface area contributed by atoms with Crippen molar-refractivity contribution in [1.29, 1.82) is 0 Å². The lowest BCUT2D eigenvalue weighted by Gasteiger charge is -2.01. The molecule has 4 N–H and O–H groups in total.